The lowest BCUT2D eigenvalue weighted by molar-refractivity contribution is 0.123. The van der Waals surface area contributed by atoms with Gasteiger partial charge in [-0.2, -0.15) is 0 Å². The van der Waals surface area contributed by atoms with Crippen molar-refractivity contribution in [1.29, 1.82) is 0 Å². The molecule has 5 nitrogen and oxygen atoms in total. The highest BCUT2D eigenvalue weighted by Crippen LogP contribution is 2.43. The van der Waals surface area contributed by atoms with E-state index in [9.17, 15) is 5.11 Å². The average molecular weight is 311 g/mol. The molecule has 0 amide bonds. The molecule has 126 valence electrons. The maximum absolute atomic E-state index is 10.2. The van der Waals surface area contributed by atoms with Crippen molar-refractivity contribution < 1.29 is 19.3 Å². The summed E-state index contributed by atoms with van der Waals surface area (Å²) in [7, 11) is 4.78. The second-order valence-electron chi connectivity index (χ2n) is 5.58. The van der Waals surface area contributed by atoms with Crippen LogP contribution in [0.3, 0.4) is 0 Å². The van der Waals surface area contributed by atoms with Gasteiger partial charge in [0.15, 0.2) is 11.5 Å². The third-order valence-corrected chi connectivity index (χ3v) is 3.98. The van der Waals surface area contributed by atoms with Gasteiger partial charge in [0.25, 0.3) is 0 Å². The first-order valence-electron chi connectivity index (χ1n) is 7.72. The Bertz CT molecular complexity index is 464. The largest absolute Gasteiger partial charge is 0.493 e. The molecule has 0 saturated heterocycles. The summed E-state index contributed by atoms with van der Waals surface area (Å²) in [5.74, 6) is 1.93. The van der Waals surface area contributed by atoms with Crippen LogP contribution in [-0.2, 0) is 0 Å². The van der Waals surface area contributed by atoms with E-state index in [4.69, 9.17) is 19.9 Å². The molecule has 3 atom stereocenters. The van der Waals surface area contributed by atoms with Crippen molar-refractivity contribution in [3.8, 4) is 17.2 Å². The van der Waals surface area contributed by atoms with Gasteiger partial charge in [0.05, 0.1) is 27.4 Å². The Morgan fingerprint density at radius 3 is 2.23 bits per heavy atom. The highest BCUT2D eigenvalue weighted by Gasteiger charge is 2.23. The minimum Gasteiger partial charge on any atom is -0.493 e. The number of benzene rings is 1. The molecule has 5 heteroatoms. The van der Waals surface area contributed by atoms with Crippen molar-refractivity contribution in [3.63, 3.8) is 0 Å². The van der Waals surface area contributed by atoms with E-state index < -0.39 is 6.10 Å². The van der Waals surface area contributed by atoms with Gasteiger partial charge in [0, 0.05) is 11.6 Å². The maximum Gasteiger partial charge on any atom is 0.203 e. The number of nitrogens with two attached hydrogens (primary N) is 1. The van der Waals surface area contributed by atoms with Crippen molar-refractivity contribution in [3.05, 3.63) is 17.7 Å². The van der Waals surface area contributed by atoms with Crippen LogP contribution in [0, 0.1) is 0 Å². The quantitative estimate of drug-likeness (QED) is 0.733. The normalized spacial score (nSPS) is 15.0. The summed E-state index contributed by atoms with van der Waals surface area (Å²) in [5, 5.41) is 10.2. The third kappa shape index (κ3) is 4.27. The fraction of sp³-hybridized carbons (Fsp3) is 0.647. The van der Waals surface area contributed by atoms with E-state index in [1.807, 2.05) is 19.1 Å². The Morgan fingerprint density at radius 1 is 1.09 bits per heavy atom. The molecule has 1 aromatic carbocycles. The van der Waals surface area contributed by atoms with Crippen molar-refractivity contribution in [2.75, 3.05) is 21.3 Å². The van der Waals surface area contributed by atoms with E-state index in [-0.39, 0.29) is 12.0 Å². The molecular formula is C17H29NO4. The number of aliphatic hydroxyl groups is 1. The number of methoxy groups -OCH3 is 3. The van der Waals surface area contributed by atoms with Gasteiger partial charge in [-0.25, -0.2) is 0 Å². The highest BCUT2D eigenvalue weighted by atomic mass is 16.5. The summed E-state index contributed by atoms with van der Waals surface area (Å²) < 4.78 is 16.2. The topological polar surface area (TPSA) is 73.9 Å². The lowest BCUT2D eigenvalue weighted by Gasteiger charge is -2.24. The summed E-state index contributed by atoms with van der Waals surface area (Å²) in [4.78, 5) is 0. The zero-order valence-corrected chi connectivity index (χ0v) is 14.3. The molecule has 0 aliphatic heterocycles. The fourth-order valence-electron chi connectivity index (χ4n) is 2.70. The van der Waals surface area contributed by atoms with Crippen molar-refractivity contribution in [1.82, 2.24) is 0 Å². The van der Waals surface area contributed by atoms with Gasteiger partial charge in [0.1, 0.15) is 0 Å². The molecule has 0 spiro atoms. The zero-order valence-electron chi connectivity index (χ0n) is 14.3. The Morgan fingerprint density at radius 2 is 1.73 bits per heavy atom. The van der Waals surface area contributed by atoms with Crippen molar-refractivity contribution in [2.24, 2.45) is 5.73 Å². The summed E-state index contributed by atoms with van der Waals surface area (Å²) >= 11 is 0. The molecule has 0 aliphatic carbocycles. The van der Waals surface area contributed by atoms with Gasteiger partial charge in [0.2, 0.25) is 5.75 Å². The molecule has 0 fully saturated rings. The van der Waals surface area contributed by atoms with Crippen LogP contribution in [0.5, 0.6) is 17.2 Å². The second kappa shape index (κ2) is 8.86. The summed E-state index contributed by atoms with van der Waals surface area (Å²) in [6.07, 6.45) is 1.82. The van der Waals surface area contributed by atoms with Crippen LogP contribution in [0.4, 0.5) is 0 Å². The second-order valence-corrected chi connectivity index (χ2v) is 5.58. The van der Waals surface area contributed by atoms with Gasteiger partial charge in [-0.1, -0.05) is 26.3 Å². The third-order valence-electron chi connectivity index (χ3n) is 3.98. The lowest BCUT2D eigenvalue weighted by Crippen LogP contribution is -2.35. The summed E-state index contributed by atoms with van der Waals surface area (Å²) in [6.45, 7) is 4.11. The number of ether oxygens (including phenoxy) is 3. The molecule has 0 radical (unpaired) electrons. The molecule has 0 aromatic heterocycles. The van der Waals surface area contributed by atoms with Gasteiger partial charge in [-0.15, -0.1) is 0 Å². The highest BCUT2D eigenvalue weighted by molar-refractivity contribution is 5.56. The Balaban J connectivity index is 3.00. The van der Waals surface area contributed by atoms with Crippen LogP contribution < -0.4 is 19.9 Å². The summed E-state index contributed by atoms with van der Waals surface area (Å²) in [6, 6.07) is 3.60. The molecule has 22 heavy (non-hydrogen) atoms. The molecule has 3 unspecified atom stereocenters. The average Bonchev–Trinajstić information content (AvgIpc) is 2.52. The number of aliphatic hydroxyl groups excluding tert-OH is 1. The zero-order chi connectivity index (χ0) is 16.7. The molecule has 0 bridgehead atoms. The van der Waals surface area contributed by atoms with Crippen LogP contribution in [0.2, 0.25) is 0 Å². The predicted octanol–water partition coefficient (Wildman–Crippen LogP) is 2.69. The van der Waals surface area contributed by atoms with E-state index >= 15 is 0 Å². The van der Waals surface area contributed by atoms with Crippen LogP contribution in [0.15, 0.2) is 12.1 Å². The minimum atomic E-state index is -0.534. The van der Waals surface area contributed by atoms with Crippen LogP contribution >= 0.6 is 0 Å². The minimum absolute atomic E-state index is 0.0904. The van der Waals surface area contributed by atoms with Crippen molar-refractivity contribution in [2.45, 2.75) is 51.2 Å². The van der Waals surface area contributed by atoms with E-state index in [2.05, 4.69) is 6.92 Å². The molecule has 3 N–H and O–H groups in total. The molecule has 1 rings (SSSR count). The Hall–Kier alpha value is -1.46. The van der Waals surface area contributed by atoms with E-state index in [1.54, 1.807) is 21.3 Å². The molecule has 0 saturated carbocycles. The first kappa shape index (κ1) is 18.6. The molecule has 0 aliphatic rings. The number of hydrogen-bond donors (Lipinski definition) is 2. The van der Waals surface area contributed by atoms with Gasteiger partial charge in [-0.05, 0) is 24.8 Å². The van der Waals surface area contributed by atoms with E-state index in [1.165, 1.54) is 0 Å². The summed E-state index contributed by atoms with van der Waals surface area (Å²) in [5.41, 5.74) is 6.98. The SMILES string of the molecule is CCCC(N)C(O)CC(C)c1ccc(OC)c(OC)c1OC. The smallest absolute Gasteiger partial charge is 0.203 e. The maximum atomic E-state index is 10.2. The van der Waals surface area contributed by atoms with Gasteiger partial charge >= 0.3 is 0 Å². The first-order valence-corrected chi connectivity index (χ1v) is 7.72. The standard InChI is InChI=1S/C17H29NO4/c1-6-7-13(18)14(19)10-11(2)12-8-9-15(20-3)17(22-5)16(12)21-4/h8-9,11,13-14,19H,6-7,10,18H2,1-5H3. The fourth-order valence-corrected chi connectivity index (χ4v) is 2.70. The van der Waals surface area contributed by atoms with Crippen LogP contribution in [0.25, 0.3) is 0 Å². The van der Waals surface area contributed by atoms with Crippen LogP contribution in [-0.4, -0.2) is 38.6 Å². The van der Waals surface area contributed by atoms with Gasteiger partial charge in [-0.3, -0.25) is 0 Å². The Kier molecular flexibility index (Phi) is 7.48. The number of rotatable bonds is 9. The predicted molar refractivity (Wildman–Crippen MR) is 88.0 cm³/mol. The Labute approximate surface area is 133 Å². The van der Waals surface area contributed by atoms with E-state index in [0.29, 0.717) is 23.7 Å². The lowest BCUT2D eigenvalue weighted by atomic mass is 9.90. The van der Waals surface area contributed by atoms with E-state index in [0.717, 1.165) is 18.4 Å². The molecule has 1 aromatic rings. The van der Waals surface area contributed by atoms with Crippen molar-refractivity contribution >= 4 is 0 Å². The van der Waals surface area contributed by atoms with Crippen LogP contribution in [0.1, 0.15) is 44.6 Å². The number of hydrogen-bond acceptors (Lipinski definition) is 5. The first-order chi connectivity index (χ1) is 10.5. The van der Waals surface area contributed by atoms with Gasteiger partial charge < -0.3 is 25.1 Å². The monoisotopic (exact) mass is 311 g/mol. The molecular weight excluding hydrogens is 282 g/mol. The molecule has 0 heterocycles.